The Morgan fingerprint density at radius 3 is 2.96 bits per heavy atom. The summed E-state index contributed by atoms with van der Waals surface area (Å²) in [5, 5.41) is 0.821. The highest BCUT2D eigenvalue weighted by Crippen LogP contribution is 2.37. The first-order valence-electron chi connectivity index (χ1n) is 9.20. The fourth-order valence-corrected chi connectivity index (χ4v) is 3.89. The van der Waals surface area contributed by atoms with Gasteiger partial charge in [-0.25, -0.2) is 9.97 Å². The van der Waals surface area contributed by atoms with E-state index in [0.29, 0.717) is 18.9 Å². The quantitative estimate of drug-likeness (QED) is 0.707. The van der Waals surface area contributed by atoms with Gasteiger partial charge in [-0.1, -0.05) is 18.7 Å². The van der Waals surface area contributed by atoms with Gasteiger partial charge in [0.2, 0.25) is 5.91 Å². The second-order valence-electron chi connectivity index (χ2n) is 7.02. The van der Waals surface area contributed by atoms with Gasteiger partial charge in [-0.05, 0) is 36.6 Å². The third kappa shape index (κ3) is 2.89. The van der Waals surface area contributed by atoms with Gasteiger partial charge in [0.05, 0.1) is 18.5 Å². The van der Waals surface area contributed by atoms with Crippen LogP contribution in [0.4, 0.5) is 5.82 Å². The van der Waals surface area contributed by atoms with Gasteiger partial charge in [0.1, 0.15) is 23.5 Å². The lowest BCUT2D eigenvalue weighted by Gasteiger charge is -2.15. The number of rotatable bonds is 4. The summed E-state index contributed by atoms with van der Waals surface area (Å²) in [7, 11) is 1.66. The average molecular weight is 377 g/mol. The number of likely N-dealkylation sites (tertiary alicyclic amines) is 1. The number of benzene rings is 1. The van der Waals surface area contributed by atoms with E-state index in [2.05, 4.69) is 27.3 Å². The lowest BCUT2D eigenvalue weighted by Crippen LogP contribution is -2.27. The summed E-state index contributed by atoms with van der Waals surface area (Å²) in [6.07, 6.45) is 5.76. The predicted molar refractivity (Wildman–Crippen MR) is 109 cm³/mol. The fourth-order valence-electron chi connectivity index (χ4n) is 3.89. The number of carbonyl (C=O) groups is 1. The van der Waals surface area contributed by atoms with Crippen LogP contribution in [0.5, 0.6) is 5.75 Å². The summed E-state index contributed by atoms with van der Waals surface area (Å²) in [6, 6.07) is 6.20. The van der Waals surface area contributed by atoms with E-state index < -0.39 is 0 Å². The van der Waals surface area contributed by atoms with Crippen LogP contribution >= 0.6 is 0 Å². The number of methoxy groups -OCH3 is 1. The van der Waals surface area contributed by atoms with Gasteiger partial charge in [-0.15, -0.1) is 0 Å². The van der Waals surface area contributed by atoms with E-state index >= 15 is 0 Å². The van der Waals surface area contributed by atoms with Crippen LogP contribution in [0.3, 0.4) is 0 Å². The van der Waals surface area contributed by atoms with Crippen LogP contribution in [0, 0.1) is 6.92 Å². The highest BCUT2D eigenvalue weighted by Gasteiger charge is 2.28. The smallest absolute Gasteiger partial charge is 0.246 e. The van der Waals surface area contributed by atoms with Gasteiger partial charge in [-0.2, -0.15) is 0 Å². The molecule has 0 bridgehead atoms. The molecular formula is C21H23N5O2. The molecule has 0 radical (unpaired) electrons. The number of fused-ring (bicyclic) bond motifs is 1. The molecule has 4 rings (SSSR count). The molecule has 1 unspecified atom stereocenters. The molecule has 1 atom stereocenters. The molecule has 0 spiro atoms. The molecule has 2 N–H and O–H groups in total. The molecule has 144 valence electrons. The first-order valence-corrected chi connectivity index (χ1v) is 9.20. The van der Waals surface area contributed by atoms with Crippen LogP contribution in [0.1, 0.15) is 18.0 Å². The van der Waals surface area contributed by atoms with Crippen molar-refractivity contribution in [3.8, 4) is 16.9 Å². The Balaban J connectivity index is 1.83. The van der Waals surface area contributed by atoms with Gasteiger partial charge in [-0.3, -0.25) is 4.79 Å². The number of amides is 1. The molecule has 1 amide bonds. The van der Waals surface area contributed by atoms with E-state index in [9.17, 15) is 4.79 Å². The van der Waals surface area contributed by atoms with Gasteiger partial charge in [0.15, 0.2) is 0 Å². The molecule has 7 heteroatoms. The zero-order valence-electron chi connectivity index (χ0n) is 16.1. The Bertz CT molecular complexity index is 1070. The molecule has 1 aliphatic rings. The van der Waals surface area contributed by atoms with Crippen LogP contribution in [-0.2, 0) is 4.79 Å². The molecular weight excluding hydrogens is 354 g/mol. The number of ether oxygens (including phenoxy) is 1. The van der Waals surface area contributed by atoms with E-state index in [1.165, 1.54) is 12.4 Å². The number of hydrogen-bond donors (Lipinski definition) is 1. The van der Waals surface area contributed by atoms with Crippen molar-refractivity contribution in [3.05, 3.63) is 48.9 Å². The van der Waals surface area contributed by atoms with Crippen molar-refractivity contribution in [2.45, 2.75) is 19.4 Å². The third-order valence-corrected chi connectivity index (χ3v) is 5.40. The number of aromatic nitrogens is 3. The SMILES string of the molecule is C=CC(=O)N1CCC(n2cc(-c3ccc(C)c(OC)c3)c3c(N)ncnc32)C1. The number of hydrogen-bond acceptors (Lipinski definition) is 5. The lowest BCUT2D eigenvalue weighted by molar-refractivity contribution is -0.125. The molecule has 1 saturated heterocycles. The van der Waals surface area contributed by atoms with Crippen molar-refractivity contribution < 1.29 is 9.53 Å². The third-order valence-electron chi connectivity index (χ3n) is 5.40. The maximum absolute atomic E-state index is 12.0. The highest BCUT2D eigenvalue weighted by molar-refractivity contribution is 6.01. The van der Waals surface area contributed by atoms with Crippen molar-refractivity contribution in [3.63, 3.8) is 0 Å². The first-order chi connectivity index (χ1) is 13.5. The summed E-state index contributed by atoms with van der Waals surface area (Å²) in [5.74, 6) is 1.21. The lowest BCUT2D eigenvalue weighted by atomic mass is 10.0. The zero-order chi connectivity index (χ0) is 19.8. The predicted octanol–water partition coefficient (Wildman–Crippen LogP) is 2.96. The number of nitrogens with zero attached hydrogens (tertiary/aromatic N) is 4. The Hall–Kier alpha value is -3.35. The minimum absolute atomic E-state index is 0.0448. The van der Waals surface area contributed by atoms with Crippen molar-refractivity contribution in [1.29, 1.82) is 0 Å². The number of carbonyl (C=O) groups excluding carboxylic acids is 1. The average Bonchev–Trinajstić information content (AvgIpc) is 3.33. The standard InChI is InChI=1S/C21H23N5O2/c1-4-18(27)25-8-7-15(10-25)26-11-16(19-20(22)23-12-24-21(19)26)14-6-5-13(2)17(9-14)28-3/h4-6,9,11-12,15H,1,7-8,10H2,2-3H3,(H2,22,23,24). The summed E-state index contributed by atoms with van der Waals surface area (Å²) in [4.78, 5) is 22.5. The minimum Gasteiger partial charge on any atom is -0.496 e. The molecule has 3 heterocycles. The van der Waals surface area contributed by atoms with Crippen molar-refractivity contribution in [2.75, 3.05) is 25.9 Å². The van der Waals surface area contributed by atoms with Gasteiger partial charge >= 0.3 is 0 Å². The van der Waals surface area contributed by atoms with Gasteiger partial charge in [0.25, 0.3) is 0 Å². The van der Waals surface area contributed by atoms with Crippen LogP contribution in [0.15, 0.2) is 43.4 Å². The summed E-state index contributed by atoms with van der Waals surface area (Å²) in [6.45, 7) is 6.91. The van der Waals surface area contributed by atoms with Crippen molar-refractivity contribution >= 4 is 22.8 Å². The van der Waals surface area contributed by atoms with Crippen LogP contribution in [0.25, 0.3) is 22.2 Å². The molecule has 0 aliphatic carbocycles. The molecule has 3 aromatic rings. The van der Waals surface area contributed by atoms with E-state index in [4.69, 9.17) is 10.5 Å². The zero-order valence-corrected chi connectivity index (χ0v) is 16.1. The largest absolute Gasteiger partial charge is 0.496 e. The fraction of sp³-hybridized carbons (Fsp3) is 0.286. The van der Waals surface area contributed by atoms with Crippen LogP contribution < -0.4 is 10.5 Å². The van der Waals surface area contributed by atoms with E-state index in [1.807, 2.05) is 30.0 Å². The minimum atomic E-state index is -0.0448. The van der Waals surface area contributed by atoms with E-state index in [-0.39, 0.29) is 11.9 Å². The van der Waals surface area contributed by atoms with Gasteiger partial charge in [0, 0.05) is 24.8 Å². The van der Waals surface area contributed by atoms with Crippen molar-refractivity contribution in [2.24, 2.45) is 0 Å². The number of nitrogens with two attached hydrogens (primary N) is 1. The molecule has 1 fully saturated rings. The summed E-state index contributed by atoms with van der Waals surface area (Å²) in [5.41, 5.74) is 10.0. The van der Waals surface area contributed by atoms with Crippen molar-refractivity contribution in [1.82, 2.24) is 19.4 Å². The Labute approximate surface area is 163 Å². The number of aryl methyl sites for hydroxylation is 1. The Kier molecular flexibility index (Phi) is 4.50. The molecule has 0 saturated carbocycles. The molecule has 7 nitrogen and oxygen atoms in total. The maximum Gasteiger partial charge on any atom is 0.246 e. The normalized spacial score (nSPS) is 16.5. The summed E-state index contributed by atoms with van der Waals surface area (Å²) < 4.78 is 7.60. The number of anilines is 1. The molecule has 28 heavy (non-hydrogen) atoms. The maximum atomic E-state index is 12.0. The molecule has 2 aromatic heterocycles. The first kappa shape index (κ1) is 18.0. The second kappa shape index (κ2) is 6.99. The molecule has 1 aromatic carbocycles. The molecule has 1 aliphatic heterocycles. The van der Waals surface area contributed by atoms with Gasteiger partial charge < -0.3 is 19.9 Å². The van der Waals surface area contributed by atoms with Crippen LogP contribution in [-0.4, -0.2) is 45.5 Å². The highest BCUT2D eigenvalue weighted by atomic mass is 16.5. The Morgan fingerprint density at radius 2 is 2.21 bits per heavy atom. The number of nitrogen functional groups attached to an aromatic ring is 1. The van der Waals surface area contributed by atoms with E-state index in [0.717, 1.165) is 39.9 Å². The van der Waals surface area contributed by atoms with Crippen LogP contribution in [0.2, 0.25) is 0 Å². The monoisotopic (exact) mass is 377 g/mol. The second-order valence-corrected chi connectivity index (χ2v) is 7.02. The topological polar surface area (TPSA) is 86.3 Å². The van der Waals surface area contributed by atoms with E-state index in [1.54, 1.807) is 7.11 Å². The Morgan fingerprint density at radius 1 is 1.39 bits per heavy atom. The summed E-state index contributed by atoms with van der Waals surface area (Å²) >= 11 is 0.